The number of benzene rings is 2. The first kappa shape index (κ1) is 16.4. The van der Waals surface area contributed by atoms with Crippen LogP contribution in [0.5, 0.6) is 11.5 Å². The molecule has 2 aliphatic rings. The number of nitrogens with one attached hydrogen (secondary N) is 1. The van der Waals surface area contributed by atoms with E-state index in [0.29, 0.717) is 30.3 Å². The van der Waals surface area contributed by atoms with Crippen LogP contribution in [0.4, 0.5) is 4.79 Å². The van der Waals surface area contributed by atoms with Crippen molar-refractivity contribution in [2.45, 2.75) is 25.9 Å². The molecule has 1 N–H and O–H groups in total. The molecule has 2 aromatic carbocycles. The van der Waals surface area contributed by atoms with E-state index in [1.807, 2.05) is 31.2 Å². The Morgan fingerprint density at radius 3 is 2.46 bits per heavy atom. The molecule has 0 bridgehead atoms. The third-order valence-corrected chi connectivity index (χ3v) is 4.86. The molecule has 0 spiro atoms. The number of ether oxygens (including phenoxy) is 2. The molecule has 26 heavy (non-hydrogen) atoms. The number of imide groups is 1. The molecule has 6 heteroatoms. The lowest BCUT2D eigenvalue weighted by atomic mass is 9.91. The Balaban J connectivity index is 1.62. The number of hydrogen-bond donors (Lipinski definition) is 1. The van der Waals surface area contributed by atoms with Crippen molar-refractivity contribution in [2.75, 3.05) is 13.2 Å². The molecule has 1 fully saturated rings. The standard InChI is InChI=1S/C20H20N2O4/c1-13-3-5-14(6-4-13)12-22-18(23)20(2,21-19(22)24)15-7-8-16-17(11-15)26-10-9-25-16/h3-8,11H,9-10,12H2,1-2H3,(H,21,24). The average molecular weight is 352 g/mol. The van der Waals surface area contributed by atoms with Crippen molar-refractivity contribution in [3.05, 3.63) is 59.2 Å². The summed E-state index contributed by atoms with van der Waals surface area (Å²) in [6.45, 7) is 4.92. The van der Waals surface area contributed by atoms with E-state index < -0.39 is 11.6 Å². The number of urea groups is 1. The second-order valence-electron chi connectivity index (χ2n) is 6.79. The second kappa shape index (κ2) is 6.05. The van der Waals surface area contributed by atoms with E-state index in [4.69, 9.17) is 9.47 Å². The van der Waals surface area contributed by atoms with Crippen LogP contribution in [0.3, 0.4) is 0 Å². The molecule has 2 aromatic rings. The average Bonchev–Trinajstić information content (AvgIpc) is 2.87. The molecule has 1 atom stereocenters. The van der Waals surface area contributed by atoms with Crippen molar-refractivity contribution in [3.8, 4) is 11.5 Å². The minimum absolute atomic E-state index is 0.241. The van der Waals surface area contributed by atoms with Gasteiger partial charge in [0.25, 0.3) is 5.91 Å². The maximum atomic E-state index is 13.0. The van der Waals surface area contributed by atoms with Crippen LogP contribution in [-0.4, -0.2) is 30.1 Å². The lowest BCUT2D eigenvalue weighted by Gasteiger charge is -2.25. The second-order valence-corrected chi connectivity index (χ2v) is 6.79. The fourth-order valence-electron chi connectivity index (χ4n) is 3.27. The van der Waals surface area contributed by atoms with Crippen molar-refractivity contribution >= 4 is 11.9 Å². The Morgan fingerprint density at radius 2 is 1.73 bits per heavy atom. The highest BCUT2D eigenvalue weighted by atomic mass is 16.6. The molecule has 4 rings (SSSR count). The van der Waals surface area contributed by atoms with Gasteiger partial charge in [-0.25, -0.2) is 4.79 Å². The normalized spacial score (nSPS) is 21.7. The summed E-state index contributed by atoms with van der Waals surface area (Å²) in [5.74, 6) is 0.964. The van der Waals surface area contributed by atoms with Crippen LogP contribution in [0.25, 0.3) is 0 Å². The minimum Gasteiger partial charge on any atom is -0.486 e. The summed E-state index contributed by atoms with van der Waals surface area (Å²) in [7, 11) is 0. The van der Waals surface area contributed by atoms with E-state index in [1.54, 1.807) is 25.1 Å². The van der Waals surface area contributed by atoms with Gasteiger partial charge in [-0.1, -0.05) is 35.9 Å². The van der Waals surface area contributed by atoms with Gasteiger partial charge in [0.15, 0.2) is 11.5 Å². The predicted octanol–water partition coefficient (Wildman–Crippen LogP) is 2.73. The highest BCUT2D eigenvalue weighted by molar-refractivity contribution is 6.07. The van der Waals surface area contributed by atoms with Gasteiger partial charge in [-0.3, -0.25) is 9.69 Å². The summed E-state index contributed by atoms with van der Waals surface area (Å²) < 4.78 is 11.1. The number of carbonyl (C=O) groups excluding carboxylic acids is 2. The number of rotatable bonds is 3. The monoisotopic (exact) mass is 352 g/mol. The molecule has 0 aromatic heterocycles. The molecule has 6 nitrogen and oxygen atoms in total. The Labute approximate surface area is 151 Å². The number of carbonyl (C=O) groups is 2. The van der Waals surface area contributed by atoms with Gasteiger partial charge in [0.05, 0.1) is 6.54 Å². The highest BCUT2D eigenvalue weighted by Gasteiger charge is 2.49. The number of amides is 3. The lowest BCUT2D eigenvalue weighted by molar-refractivity contribution is -0.131. The molecule has 1 unspecified atom stereocenters. The zero-order valence-electron chi connectivity index (χ0n) is 14.7. The largest absolute Gasteiger partial charge is 0.486 e. The Morgan fingerprint density at radius 1 is 1.04 bits per heavy atom. The molecule has 2 aliphatic heterocycles. The van der Waals surface area contributed by atoms with Crippen molar-refractivity contribution in [1.82, 2.24) is 10.2 Å². The van der Waals surface area contributed by atoms with E-state index in [1.165, 1.54) is 4.90 Å². The molecule has 134 valence electrons. The third-order valence-electron chi connectivity index (χ3n) is 4.86. The molecule has 0 saturated carbocycles. The van der Waals surface area contributed by atoms with E-state index in [9.17, 15) is 9.59 Å². The van der Waals surface area contributed by atoms with Crippen LogP contribution in [0.15, 0.2) is 42.5 Å². The molecule has 0 aliphatic carbocycles. The van der Waals surface area contributed by atoms with Gasteiger partial charge in [-0.2, -0.15) is 0 Å². The van der Waals surface area contributed by atoms with Crippen LogP contribution < -0.4 is 14.8 Å². The zero-order valence-corrected chi connectivity index (χ0v) is 14.7. The van der Waals surface area contributed by atoms with Crippen LogP contribution in [0, 0.1) is 6.92 Å². The van der Waals surface area contributed by atoms with Crippen LogP contribution in [-0.2, 0) is 16.9 Å². The summed E-state index contributed by atoms with van der Waals surface area (Å²) in [5.41, 5.74) is 1.58. The van der Waals surface area contributed by atoms with Crippen molar-refractivity contribution in [1.29, 1.82) is 0 Å². The summed E-state index contributed by atoms with van der Waals surface area (Å²) in [5, 5.41) is 2.83. The first-order valence-corrected chi connectivity index (χ1v) is 8.57. The van der Waals surface area contributed by atoms with E-state index in [-0.39, 0.29) is 12.5 Å². The summed E-state index contributed by atoms with van der Waals surface area (Å²) in [6.07, 6.45) is 0. The quantitative estimate of drug-likeness (QED) is 0.863. The van der Waals surface area contributed by atoms with Gasteiger partial charge < -0.3 is 14.8 Å². The van der Waals surface area contributed by atoms with Crippen molar-refractivity contribution in [2.24, 2.45) is 0 Å². The highest BCUT2D eigenvalue weighted by Crippen LogP contribution is 2.37. The topological polar surface area (TPSA) is 67.9 Å². The van der Waals surface area contributed by atoms with Gasteiger partial charge >= 0.3 is 6.03 Å². The zero-order chi connectivity index (χ0) is 18.3. The van der Waals surface area contributed by atoms with Crippen LogP contribution in [0.1, 0.15) is 23.6 Å². The van der Waals surface area contributed by atoms with Gasteiger partial charge in [-0.15, -0.1) is 0 Å². The minimum atomic E-state index is -1.13. The van der Waals surface area contributed by atoms with Crippen LogP contribution in [0.2, 0.25) is 0 Å². The Kier molecular flexibility index (Phi) is 3.83. The smallest absolute Gasteiger partial charge is 0.325 e. The molecule has 0 radical (unpaired) electrons. The Bertz CT molecular complexity index is 878. The van der Waals surface area contributed by atoms with Gasteiger partial charge in [0.2, 0.25) is 0 Å². The fourth-order valence-corrected chi connectivity index (χ4v) is 3.27. The molecule has 3 amide bonds. The first-order valence-electron chi connectivity index (χ1n) is 8.57. The van der Waals surface area contributed by atoms with Gasteiger partial charge in [0.1, 0.15) is 18.8 Å². The van der Waals surface area contributed by atoms with E-state index >= 15 is 0 Å². The lowest BCUT2D eigenvalue weighted by Crippen LogP contribution is -2.41. The fraction of sp³-hybridized carbons (Fsp3) is 0.300. The predicted molar refractivity (Wildman–Crippen MR) is 95.0 cm³/mol. The van der Waals surface area contributed by atoms with Gasteiger partial charge in [0, 0.05) is 0 Å². The molecule has 2 heterocycles. The number of hydrogen-bond acceptors (Lipinski definition) is 4. The summed E-state index contributed by atoms with van der Waals surface area (Å²) in [4.78, 5) is 26.8. The van der Waals surface area contributed by atoms with Crippen LogP contribution >= 0.6 is 0 Å². The van der Waals surface area contributed by atoms with E-state index in [2.05, 4.69) is 5.32 Å². The molecular formula is C20H20N2O4. The first-order chi connectivity index (χ1) is 12.5. The van der Waals surface area contributed by atoms with Gasteiger partial charge in [-0.05, 0) is 37.1 Å². The van der Waals surface area contributed by atoms with Crippen molar-refractivity contribution < 1.29 is 19.1 Å². The van der Waals surface area contributed by atoms with Crippen molar-refractivity contribution in [3.63, 3.8) is 0 Å². The Hall–Kier alpha value is -3.02. The maximum absolute atomic E-state index is 13.0. The molecule has 1 saturated heterocycles. The number of fused-ring (bicyclic) bond motifs is 1. The summed E-state index contributed by atoms with van der Waals surface area (Å²) >= 11 is 0. The molecular weight excluding hydrogens is 332 g/mol. The maximum Gasteiger partial charge on any atom is 0.325 e. The number of aryl methyl sites for hydroxylation is 1. The van der Waals surface area contributed by atoms with E-state index in [0.717, 1.165) is 11.1 Å². The number of nitrogens with zero attached hydrogens (tertiary/aromatic N) is 1. The third kappa shape index (κ3) is 2.67. The summed E-state index contributed by atoms with van der Waals surface area (Å²) in [6, 6.07) is 12.7. The SMILES string of the molecule is Cc1ccc(CN2C(=O)NC(C)(c3ccc4c(c3)OCCO4)C2=O)cc1.